The molecule has 2 aliphatic rings. The molecule has 0 bridgehead atoms. The third kappa shape index (κ3) is 17.7. The summed E-state index contributed by atoms with van der Waals surface area (Å²) in [7, 11) is 0. The fraction of sp³-hybridized carbons (Fsp3) is 0.644. The molecule has 346 valence electrons. The summed E-state index contributed by atoms with van der Waals surface area (Å²) < 4.78 is 16.7. The summed E-state index contributed by atoms with van der Waals surface area (Å²) in [5.74, 6) is -1.09. The Bertz CT molecular complexity index is 1640. The van der Waals surface area contributed by atoms with Gasteiger partial charge >= 0.3 is 12.1 Å². The molecule has 2 fully saturated rings. The lowest BCUT2D eigenvalue weighted by Gasteiger charge is -2.35. The van der Waals surface area contributed by atoms with Crippen LogP contribution in [0.25, 0.3) is 0 Å². The Morgan fingerprint density at radius 3 is 1.90 bits per heavy atom. The van der Waals surface area contributed by atoms with Crippen molar-refractivity contribution in [3.63, 3.8) is 0 Å². The average Bonchev–Trinajstić information content (AvgIpc) is 3.25. The van der Waals surface area contributed by atoms with Gasteiger partial charge in [0.2, 0.25) is 5.72 Å². The summed E-state index contributed by atoms with van der Waals surface area (Å²) in [6, 6.07) is 14.8. The minimum atomic E-state index is -2.25. The fourth-order valence-corrected chi connectivity index (χ4v) is 7.02. The van der Waals surface area contributed by atoms with Gasteiger partial charge in [0.25, 0.3) is 11.8 Å². The van der Waals surface area contributed by atoms with Gasteiger partial charge in [0, 0.05) is 77.4 Å². The second-order valence-corrected chi connectivity index (χ2v) is 17.2. The monoisotopic (exact) mass is 868 g/mol. The van der Waals surface area contributed by atoms with Crippen molar-refractivity contribution in [1.29, 1.82) is 0 Å². The van der Waals surface area contributed by atoms with Gasteiger partial charge in [-0.2, -0.15) is 0 Å². The predicted molar refractivity (Wildman–Crippen MR) is 238 cm³/mol. The molecule has 6 amide bonds. The molecule has 2 saturated heterocycles. The Kier molecular flexibility index (Phi) is 21.2. The number of carbonyl (C=O) groups excluding carboxylic acids is 4. The standard InChI is InChI=1S/C45H73N9O8/c1-33(2)32-62-39-16-13-37(14-17-39)30-54(51-41(55)40(34(3)4)49-43(57)46-18-20-52-22-26-60-27-23-52)31-38(15-12-36-10-8-7-9-11-36)48-42(56)45(59,35(5)6)50-44(58)47-19-21-53-24-28-61-29-25-53/h7-11,13-14,16-17,33-35,38,40,59H,12,15,18-32H2,1-6H3,(H,48,56)(H,51,55)(H2,46,49,57)(H2,47,50,58)/t38-,40-,45+/m0/s1. The van der Waals surface area contributed by atoms with E-state index in [4.69, 9.17) is 14.2 Å². The SMILES string of the molecule is CC(C)COc1ccc(CN(C[C@H](CCc2ccccc2)NC(=O)[C@@](O)(NC(=O)NCCN2CCOCC2)C(C)C)NC(=O)[C@@H](NC(=O)NCCN2CCOCC2)C(C)C)cc1. The number of carbonyl (C=O) groups is 4. The molecule has 2 aromatic rings. The highest BCUT2D eigenvalue weighted by atomic mass is 16.5. The number of hydrogen-bond acceptors (Lipinski definition) is 11. The van der Waals surface area contributed by atoms with Gasteiger partial charge in [0.05, 0.1) is 33.0 Å². The Hall–Kier alpha value is -4.52. The molecule has 17 heteroatoms. The van der Waals surface area contributed by atoms with Crippen LogP contribution in [-0.4, -0.2) is 154 Å². The van der Waals surface area contributed by atoms with Gasteiger partial charge in [0.1, 0.15) is 11.8 Å². The summed E-state index contributed by atoms with van der Waals surface area (Å²) in [5, 5.41) is 27.6. The molecule has 7 N–H and O–H groups in total. The van der Waals surface area contributed by atoms with Crippen molar-refractivity contribution in [2.24, 2.45) is 17.8 Å². The van der Waals surface area contributed by atoms with E-state index in [1.807, 2.05) is 68.4 Å². The highest BCUT2D eigenvalue weighted by molar-refractivity contribution is 5.90. The number of morpholine rings is 2. The van der Waals surface area contributed by atoms with E-state index in [2.05, 4.69) is 55.7 Å². The molecule has 0 aliphatic carbocycles. The Morgan fingerprint density at radius 2 is 1.35 bits per heavy atom. The maximum Gasteiger partial charge on any atom is 0.317 e. The number of aryl methyl sites for hydroxylation is 1. The van der Waals surface area contributed by atoms with Crippen LogP contribution >= 0.6 is 0 Å². The van der Waals surface area contributed by atoms with Gasteiger partial charge < -0.3 is 45.9 Å². The molecule has 2 aromatic carbocycles. The Labute approximate surface area is 368 Å². The largest absolute Gasteiger partial charge is 0.493 e. The summed E-state index contributed by atoms with van der Waals surface area (Å²) in [6.07, 6.45) is 1.01. The van der Waals surface area contributed by atoms with Crippen molar-refractivity contribution in [2.45, 2.75) is 78.7 Å². The van der Waals surface area contributed by atoms with Crippen LogP contribution in [-0.2, 0) is 32.0 Å². The molecule has 0 saturated carbocycles. The predicted octanol–water partition coefficient (Wildman–Crippen LogP) is 2.30. The average molecular weight is 868 g/mol. The lowest BCUT2D eigenvalue weighted by atomic mass is 9.97. The van der Waals surface area contributed by atoms with Gasteiger partial charge in [0.15, 0.2) is 0 Å². The molecule has 17 nitrogen and oxygen atoms in total. The topological polar surface area (TPSA) is 198 Å². The van der Waals surface area contributed by atoms with Crippen LogP contribution in [0, 0.1) is 17.8 Å². The van der Waals surface area contributed by atoms with Gasteiger partial charge in [-0.25, -0.2) is 14.6 Å². The maximum absolute atomic E-state index is 14.2. The first-order valence-electron chi connectivity index (χ1n) is 22.3. The van der Waals surface area contributed by atoms with E-state index in [0.717, 1.165) is 43.1 Å². The maximum atomic E-state index is 14.2. The van der Waals surface area contributed by atoms with E-state index in [-0.39, 0.29) is 19.0 Å². The van der Waals surface area contributed by atoms with Crippen molar-refractivity contribution in [3.8, 4) is 5.75 Å². The van der Waals surface area contributed by atoms with Crippen LogP contribution in [0.3, 0.4) is 0 Å². The first-order valence-corrected chi connectivity index (χ1v) is 22.3. The number of ether oxygens (including phenoxy) is 3. The molecule has 0 unspecified atom stereocenters. The number of rotatable bonds is 24. The lowest BCUT2D eigenvalue weighted by Crippen LogP contribution is -2.66. The smallest absolute Gasteiger partial charge is 0.317 e. The number of amides is 6. The van der Waals surface area contributed by atoms with E-state index in [0.29, 0.717) is 78.0 Å². The molecule has 4 rings (SSSR count). The van der Waals surface area contributed by atoms with E-state index in [9.17, 15) is 24.3 Å². The molecule has 0 aromatic heterocycles. The van der Waals surface area contributed by atoms with Crippen LogP contribution in [0.2, 0.25) is 0 Å². The zero-order valence-corrected chi connectivity index (χ0v) is 37.8. The quantitative estimate of drug-likeness (QED) is 0.0604. The minimum Gasteiger partial charge on any atom is -0.493 e. The van der Waals surface area contributed by atoms with Crippen molar-refractivity contribution in [2.75, 3.05) is 91.9 Å². The normalized spacial score (nSPS) is 17.0. The third-order valence-corrected chi connectivity index (χ3v) is 10.9. The van der Waals surface area contributed by atoms with E-state index in [1.54, 1.807) is 18.9 Å². The highest BCUT2D eigenvalue weighted by Gasteiger charge is 2.42. The number of urea groups is 2. The number of nitrogens with zero attached hydrogens (tertiary/aromatic N) is 3. The van der Waals surface area contributed by atoms with Crippen LogP contribution in [0.4, 0.5) is 9.59 Å². The number of benzene rings is 2. The molecular formula is C45H73N9O8. The van der Waals surface area contributed by atoms with Crippen LogP contribution in [0.15, 0.2) is 54.6 Å². The fourth-order valence-electron chi connectivity index (χ4n) is 7.02. The third-order valence-electron chi connectivity index (χ3n) is 10.9. The number of aliphatic hydroxyl groups is 1. The summed E-state index contributed by atoms with van der Waals surface area (Å²) in [5.41, 5.74) is 2.70. The minimum absolute atomic E-state index is 0.117. The van der Waals surface area contributed by atoms with E-state index >= 15 is 0 Å². The van der Waals surface area contributed by atoms with E-state index in [1.165, 1.54) is 0 Å². The summed E-state index contributed by atoms with van der Waals surface area (Å²) >= 11 is 0. The van der Waals surface area contributed by atoms with Crippen LogP contribution in [0.5, 0.6) is 5.75 Å². The van der Waals surface area contributed by atoms with Crippen LogP contribution < -0.4 is 36.7 Å². The molecule has 2 aliphatic heterocycles. The highest BCUT2D eigenvalue weighted by Crippen LogP contribution is 2.18. The summed E-state index contributed by atoms with van der Waals surface area (Å²) in [4.78, 5) is 59.0. The van der Waals surface area contributed by atoms with Crippen molar-refractivity contribution in [1.82, 2.24) is 46.8 Å². The lowest BCUT2D eigenvalue weighted by molar-refractivity contribution is -0.148. The first-order chi connectivity index (χ1) is 29.7. The second-order valence-electron chi connectivity index (χ2n) is 17.2. The van der Waals surface area contributed by atoms with Crippen molar-refractivity contribution >= 4 is 23.9 Å². The summed E-state index contributed by atoms with van der Waals surface area (Å²) in [6.45, 7) is 19.9. The number of nitrogens with one attached hydrogen (secondary N) is 6. The Morgan fingerprint density at radius 1 is 0.774 bits per heavy atom. The van der Waals surface area contributed by atoms with Gasteiger partial charge in [-0.3, -0.25) is 24.8 Å². The second kappa shape index (κ2) is 26.2. The molecule has 0 spiro atoms. The van der Waals surface area contributed by atoms with Gasteiger partial charge in [-0.15, -0.1) is 0 Å². The number of hydrazine groups is 1. The van der Waals surface area contributed by atoms with Gasteiger partial charge in [-0.05, 0) is 47.9 Å². The molecule has 2 heterocycles. The van der Waals surface area contributed by atoms with Gasteiger partial charge in [-0.1, -0.05) is 84.0 Å². The molecule has 0 radical (unpaired) electrons. The van der Waals surface area contributed by atoms with Crippen molar-refractivity contribution in [3.05, 3.63) is 65.7 Å². The molecule has 3 atom stereocenters. The Balaban J connectivity index is 1.52. The zero-order chi connectivity index (χ0) is 44.9. The van der Waals surface area contributed by atoms with E-state index < -0.39 is 47.6 Å². The zero-order valence-electron chi connectivity index (χ0n) is 37.8. The molecular weight excluding hydrogens is 795 g/mol. The molecule has 62 heavy (non-hydrogen) atoms. The van der Waals surface area contributed by atoms with Crippen molar-refractivity contribution < 1.29 is 38.5 Å². The van der Waals surface area contributed by atoms with Crippen LogP contribution in [0.1, 0.15) is 59.1 Å². The number of hydrogen-bond donors (Lipinski definition) is 7. The first kappa shape index (κ1) is 50.1.